The van der Waals surface area contributed by atoms with Gasteiger partial charge in [-0.2, -0.15) is 13.5 Å². The highest BCUT2D eigenvalue weighted by Gasteiger charge is 2.22. The van der Waals surface area contributed by atoms with Gasteiger partial charge in [0.2, 0.25) is 0 Å². The van der Waals surface area contributed by atoms with E-state index in [1.165, 1.54) is 44.6 Å². The molecule has 0 radical (unpaired) electrons. The minimum absolute atomic E-state index is 0.0988. The van der Waals surface area contributed by atoms with Crippen molar-refractivity contribution < 1.29 is 37.4 Å². The number of methoxy groups -OCH3 is 2. The highest BCUT2D eigenvalue weighted by molar-refractivity contribution is 7.86. The van der Waals surface area contributed by atoms with E-state index in [0.717, 1.165) is 11.6 Å². The first kappa shape index (κ1) is 29.2. The zero-order valence-corrected chi connectivity index (χ0v) is 23.1. The molecule has 0 spiro atoms. The molecule has 214 valence electrons. The zero-order chi connectivity index (χ0) is 29.7. The van der Waals surface area contributed by atoms with Crippen molar-refractivity contribution in [1.82, 2.24) is 0 Å². The normalized spacial score (nSPS) is 11.9. The molecule has 0 saturated heterocycles. The Kier molecular flexibility index (Phi) is 8.66. The molecular formula is C27H27N5O8S. The molecule has 41 heavy (non-hydrogen) atoms. The summed E-state index contributed by atoms with van der Waals surface area (Å²) in [4.78, 5) is -0.656. The van der Waals surface area contributed by atoms with E-state index < -0.39 is 26.5 Å². The summed E-state index contributed by atoms with van der Waals surface area (Å²) in [7, 11) is -2.00. The standard InChI is InChI=1S/C27H27N5O8S/c1-15-10-18(40-9-8-33)5-7-20(15)29-30-21-13-24(39-3)22(14-23(21)38-2)31-32-26-25(41(35,36)37)12-16-11-17(28)4-6-19(16)27(26)34/h4-7,10-14,33-34H,8-9,28H2,1-3H3,(H,35,36,37). The fourth-order valence-corrected chi connectivity index (χ4v) is 4.55. The van der Waals surface area contributed by atoms with Crippen LogP contribution in [-0.2, 0) is 10.1 Å². The molecule has 0 heterocycles. The molecule has 4 aromatic carbocycles. The van der Waals surface area contributed by atoms with Crippen LogP contribution in [0.15, 0.2) is 79.9 Å². The van der Waals surface area contributed by atoms with Crippen LogP contribution in [0.5, 0.6) is 23.0 Å². The van der Waals surface area contributed by atoms with Crippen LogP contribution in [0.2, 0.25) is 0 Å². The minimum atomic E-state index is -4.80. The van der Waals surface area contributed by atoms with Crippen molar-refractivity contribution in [2.24, 2.45) is 20.5 Å². The van der Waals surface area contributed by atoms with Crippen molar-refractivity contribution in [1.29, 1.82) is 0 Å². The van der Waals surface area contributed by atoms with Gasteiger partial charge in [0, 0.05) is 23.2 Å². The number of phenolic OH excluding ortho intramolecular Hbond substituents is 1. The van der Waals surface area contributed by atoms with Crippen LogP contribution in [-0.4, -0.2) is 50.6 Å². The van der Waals surface area contributed by atoms with E-state index in [9.17, 15) is 18.1 Å². The maximum absolute atomic E-state index is 12.1. The van der Waals surface area contributed by atoms with Crippen molar-refractivity contribution in [2.45, 2.75) is 11.8 Å². The first-order valence-corrected chi connectivity index (χ1v) is 13.5. The molecule has 0 bridgehead atoms. The third kappa shape index (κ3) is 6.51. The molecule has 14 heteroatoms. The quantitative estimate of drug-likeness (QED) is 0.0999. The number of nitrogens with two attached hydrogens (primary N) is 1. The summed E-state index contributed by atoms with van der Waals surface area (Å²) >= 11 is 0. The van der Waals surface area contributed by atoms with Gasteiger partial charge < -0.3 is 30.2 Å². The number of aryl methyl sites for hydroxylation is 1. The summed E-state index contributed by atoms with van der Waals surface area (Å²) in [6.07, 6.45) is 0. The highest BCUT2D eigenvalue weighted by Crippen LogP contribution is 2.44. The van der Waals surface area contributed by atoms with E-state index >= 15 is 0 Å². The molecule has 0 aliphatic rings. The van der Waals surface area contributed by atoms with E-state index in [-0.39, 0.29) is 41.2 Å². The summed E-state index contributed by atoms with van der Waals surface area (Å²) in [6, 6.07) is 13.7. The van der Waals surface area contributed by atoms with Crippen molar-refractivity contribution in [3.05, 3.63) is 60.2 Å². The van der Waals surface area contributed by atoms with Gasteiger partial charge in [-0.1, -0.05) is 0 Å². The Labute approximate surface area is 235 Å². The predicted molar refractivity (Wildman–Crippen MR) is 151 cm³/mol. The number of phenols is 1. The minimum Gasteiger partial charge on any atom is -0.505 e. The molecule has 0 aliphatic heterocycles. The third-order valence-corrected chi connectivity index (χ3v) is 6.75. The van der Waals surface area contributed by atoms with Crippen molar-refractivity contribution in [3.8, 4) is 23.0 Å². The summed E-state index contributed by atoms with van der Waals surface area (Å²) in [5.74, 6) is 0.508. The number of aromatic hydroxyl groups is 1. The summed E-state index contributed by atoms with van der Waals surface area (Å²) in [5, 5.41) is 36.9. The lowest BCUT2D eigenvalue weighted by atomic mass is 10.1. The average molecular weight is 582 g/mol. The van der Waals surface area contributed by atoms with Crippen LogP contribution in [0, 0.1) is 6.92 Å². The van der Waals surface area contributed by atoms with Crippen molar-refractivity contribution >= 4 is 49.3 Å². The van der Waals surface area contributed by atoms with Crippen LogP contribution in [0.25, 0.3) is 10.8 Å². The lowest BCUT2D eigenvalue weighted by molar-refractivity contribution is 0.201. The number of hydrogen-bond donors (Lipinski definition) is 4. The number of anilines is 1. The number of benzene rings is 4. The molecule has 0 unspecified atom stereocenters. The van der Waals surface area contributed by atoms with Crippen molar-refractivity contribution in [2.75, 3.05) is 33.2 Å². The van der Waals surface area contributed by atoms with Gasteiger partial charge in [-0.3, -0.25) is 4.55 Å². The number of rotatable bonds is 10. The highest BCUT2D eigenvalue weighted by atomic mass is 32.2. The monoisotopic (exact) mass is 581 g/mol. The Hall–Kier alpha value is -4.79. The smallest absolute Gasteiger partial charge is 0.296 e. The number of nitrogen functional groups attached to an aromatic ring is 1. The summed E-state index contributed by atoms with van der Waals surface area (Å²) in [6.45, 7) is 1.91. The molecule has 0 fully saturated rings. The Morgan fingerprint density at radius 3 is 2.07 bits per heavy atom. The Morgan fingerprint density at radius 2 is 1.49 bits per heavy atom. The van der Waals surface area contributed by atoms with E-state index in [1.54, 1.807) is 18.2 Å². The topological polar surface area (TPSA) is 198 Å². The van der Waals surface area contributed by atoms with Gasteiger partial charge in [-0.05, 0) is 60.3 Å². The second kappa shape index (κ2) is 12.2. The maximum atomic E-state index is 12.1. The number of aliphatic hydroxyl groups excluding tert-OH is 1. The third-order valence-electron chi connectivity index (χ3n) is 5.88. The second-order valence-corrected chi connectivity index (χ2v) is 10.0. The lowest BCUT2D eigenvalue weighted by Gasteiger charge is -2.11. The average Bonchev–Trinajstić information content (AvgIpc) is 2.94. The number of nitrogens with zero attached hydrogens (tertiary/aromatic N) is 4. The summed E-state index contributed by atoms with van der Waals surface area (Å²) in [5.41, 5.74) is 7.40. The Balaban J connectivity index is 1.73. The van der Waals surface area contributed by atoms with Gasteiger partial charge in [0.05, 0.1) is 26.5 Å². The van der Waals surface area contributed by atoms with Crippen LogP contribution < -0.4 is 19.9 Å². The molecule has 5 N–H and O–H groups in total. The number of aliphatic hydroxyl groups is 1. The lowest BCUT2D eigenvalue weighted by Crippen LogP contribution is -2.01. The largest absolute Gasteiger partial charge is 0.505 e. The molecule has 0 saturated carbocycles. The fraction of sp³-hybridized carbons (Fsp3) is 0.185. The van der Waals surface area contributed by atoms with E-state index in [0.29, 0.717) is 22.8 Å². The predicted octanol–water partition coefficient (Wildman–Crippen LogP) is 5.90. The maximum Gasteiger partial charge on any atom is 0.296 e. The van der Waals surface area contributed by atoms with E-state index in [4.69, 9.17) is 25.1 Å². The van der Waals surface area contributed by atoms with Gasteiger partial charge in [0.15, 0.2) is 5.75 Å². The van der Waals surface area contributed by atoms with Crippen LogP contribution in [0.4, 0.5) is 28.4 Å². The molecule has 0 aromatic heterocycles. The summed E-state index contributed by atoms with van der Waals surface area (Å²) < 4.78 is 50.3. The van der Waals surface area contributed by atoms with Crippen LogP contribution in [0.3, 0.4) is 0 Å². The molecule has 0 amide bonds. The fourth-order valence-electron chi connectivity index (χ4n) is 3.89. The first-order chi connectivity index (χ1) is 19.5. The second-order valence-electron chi connectivity index (χ2n) is 8.64. The van der Waals surface area contributed by atoms with Gasteiger partial charge in [-0.15, -0.1) is 15.3 Å². The van der Waals surface area contributed by atoms with E-state index in [2.05, 4.69) is 20.5 Å². The Morgan fingerprint density at radius 1 is 0.854 bits per heavy atom. The van der Waals surface area contributed by atoms with Crippen LogP contribution in [0.1, 0.15) is 5.56 Å². The Bertz CT molecular complexity index is 1770. The molecule has 4 rings (SSSR count). The van der Waals surface area contributed by atoms with Gasteiger partial charge in [0.25, 0.3) is 10.1 Å². The van der Waals surface area contributed by atoms with Gasteiger partial charge in [-0.25, -0.2) is 0 Å². The number of ether oxygens (including phenoxy) is 3. The SMILES string of the molecule is COc1cc(N=Nc2c(S(=O)(=O)O)cc3cc(N)ccc3c2O)c(OC)cc1N=Nc1ccc(OCCO)cc1C. The number of hydrogen-bond acceptors (Lipinski definition) is 12. The van der Waals surface area contributed by atoms with Crippen LogP contribution >= 0.6 is 0 Å². The molecule has 13 nitrogen and oxygen atoms in total. The van der Waals surface area contributed by atoms with Gasteiger partial charge in [0.1, 0.15) is 45.8 Å². The number of fused-ring (bicyclic) bond motifs is 1. The molecule has 0 atom stereocenters. The molecule has 0 aliphatic carbocycles. The molecule has 4 aromatic rings. The van der Waals surface area contributed by atoms with Gasteiger partial charge >= 0.3 is 0 Å². The number of azo groups is 2. The zero-order valence-electron chi connectivity index (χ0n) is 22.3. The van der Waals surface area contributed by atoms with Crippen molar-refractivity contribution in [3.63, 3.8) is 0 Å². The first-order valence-electron chi connectivity index (χ1n) is 12.0. The van der Waals surface area contributed by atoms with E-state index in [1.807, 2.05) is 6.92 Å². The molecular weight excluding hydrogens is 554 g/mol.